The van der Waals surface area contributed by atoms with Gasteiger partial charge in [0.05, 0.1) is 18.2 Å². The molecule has 0 spiro atoms. The minimum atomic E-state index is -0.175. The number of hydrogen-bond donors (Lipinski definition) is 2. The number of aromatic nitrogens is 1. The van der Waals surface area contributed by atoms with Crippen molar-refractivity contribution in [3.63, 3.8) is 0 Å². The molecule has 2 heterocycles. The Hall–Kier alpha value is -1.80. The van der Waals surface area contributed by atoms with E-state index in [-0.39, 0.29) is 5.91 Å². The lowest BCUT2D eigenvalue weighted by atomic mass is 10.1. The molecule has 0 saturated carbocycles. The standard InChI is InChI=1S/C18H24N4O2S/c1-13-2-3-14(11-22-6-8-24-9-7-22)10-15(13)21-18(23)16-12-25-17(20-16)4-5-19/h2-3,10,12H,4-9,11,19H2,1H3,(H,21,23). The van der Waals surface area contributed by atoms with Crippen LogP contribution in [0.1, 0.15) is 26.6 Å². The SMILES string of the molecule is Cc1ccc(CN2CCOCC2)cc1NC(=O)c1csc(CCN)n1. The van der Waals surface area contributed by atoms with Gasteiger partial charge in [0.2, 0.25) is 0 Å². The van der Waals surface area contributed by atoms with Gasteiger partial charge < -0.3 is 15.8 Å². The van der Waals surface area contributed by atoms with Crippen molar-refractivity contribution in [1.82, 2.24) is 9.88 Å². The molecule has 6 nitrogen and oxygen atoms in total. The number of hydrogen-bond acceptors (Lipinski definition) is 6. The third kappa shape index (κ3) is 4.85. The number of amides is 1. The van der Waals surface area contributed by atoms with Crippen LogP contribution in [0.3, 0.4) is 0 Å². The Balaban J connectivity index is 1.67. The van der Waals surface area contributed by atoms with E-state index >= 15 is 0 Å². The summed E-state index contributed by atoms with van der Waals surface area (Å²) < 4.78 is 5.39. The average molecular weight is 360 g/mol. The zero-order valence-corrected chi connectivity index (χ0v) is 15.3. The number of nitrogens with two attached hydrogens (primary N) is 1. The van der Waals surface area contributed by atoms with E-state index in [9.17, 15) is 4.79 Å². The van der Waals surface area contributed by atoms with E-state index in [4.69, 9.17) is 10.5 Å². The van der Waals surface area contributed by atoms with E-state index in [1.807, 2.05) is 13.0 Å². The van der Waals surface area contributed by atoms with Gasteiger partial charge in [-0.15, -0.1) is 11.3 Å². The lowest BCUT2D eigenvalue weighted by Crippen LogP contribution is -2.35. The molecule has 1 aliphatic rings. The van der Waals surface area contributed by atoms with Gasteiger partial charge in [0.15, 0.2) is 0 Å². The van der Waals surface area contributed by atoms with E-state index in [0.29, 0.717) is 18.7 Å². The molecule has 3 N–H and O–H groups in total. The van der Waals surface area contributed by atoms with Crippen LogP contribution in [0.2, 0.25) is 0 Å². The van der Waals surface area contributed by atoms with Crippen LogP contribution in [0.4, 0.5) is 5.69 Å². The molecule has 1 amide bonds. The number of thiazole rings is 1. The van der Waals surface area contributed by atoms with Gasteiger partial charge in [-0.05, 0) is 30.7 Å². The maximum absolute atomic E-state index is 12.5. The van der Waals surface area contributed by atoms with Crippen molar-refractivity contribution in [1.29, 1.82) is 0 Å². The lowest BCUT2D eigenvalue weighted by Gasteiger charge is -2.26. The second-order valence-corrected chi connectivity index (χ2v) is 7.10. The maximum Gasteiger partial charge on any atom is 0.275 e. The minimum absolute atomic E-state index is 0.175. The quantitative estimate of drug-likeness (QED) is 0.824. The number of aryl methyl sites for hydroxylation is 1. The van der Waals surface area contributed by atoms with Gasteiger partial charge in [-0.3, -0.25) is 9.69 Å². The van der Waals surface area contributed by atoms with Crippen molar-refractivity contribution in [3.8, 4) is 0 Å². The molecule has 3 rings (SSSR count). The molecule has 0 bridgehead atoms. The van der Waals surface area contributed by atoms with E-state index < -0.39 is 0 Å². The predicted octanol–water partition coefficient (Wildman–Crippen LogP) is 2.04. The Morgan fingerprint density at radius 3 is 2.96 bits per heavy atom. The third-order valence-electron chi connectivity index (χ3n) is 4.20. The van der Waals surface area contributed by atoms with Crippen LogP contribution in [-0.4, -0.2) is 48.6 Å². The number of rotatable bonds is 6. The number of carbonyl (C=O) groups excluding carboxylic acids is 1. The first-order valence-electron chi connectivity index (χ1n) is 8.51. The number of nitrogens with zero attached hydrogens (tertiary/aromatic N) is 2. The molecule has 1 fully saturated rings. The number of benzene rings is 1. The van der Waals surface area contributed by atoms with Crippen LogP contribution >= 0.6 is 11.3 Å². The van der Waals surface area contributed by atoms with Crippen molar-refractivity contribution in [2.45, 2.75) is 19.9 Å². The van der Waals surface area contributed by atoms with E-state index in [1.165, 1.54) is 16.9 Å². The van der Waals surface area contributed by atoms with Crippen molar-refractivity contribution in [3.05, 3.63) is 45.4 Å². The van der Waals surface area contributed by atoms with Gasteiger partial charge in [0.1, 0.15) is 5.69 Å². The zero-order chi connectivity index (χ0) is 17.6. The first kappa shape index (κ1) is 18.0. The smallest absolute Gasteiger partial charge is 0.275 e. The molecule has 2 aromatic rings. The summed E-state index contributed by atoms with van der Waals surface area (Å²) in [5.41, 5.74) is 9.05. The number of anilines is 1. The van der Waals surface area contributed by atoms with Gasteiger partial charge in [0, 0.05) is 37.1 Å². The second-order valence-electron chi connectivity index (χ2n) is 6.16. The Morgan fingerprint density at radius 2 is 2.20 bits per heavy atom. The molecule has 1 aromatic carbocycles. The zero-order valence-electron chi connectivity index (χ0n) is 14.5. The molecule has 7 heteroatoms. The largest absolute Gasteiger partial charge is 0.379 e. The molecule has 134 valence electrons. The Kier molecular flexibility index (Phi) is 6.14. The number of nitrogens with one attached hydrogen (secondary N) is 1. The molecular weight excluding hydrogens is 336 g/mol. The summed E-state index contributed by atoms with van der Waals surface area (Å²) in [6.07, 6.45) is 0.700. The summed E-state index contributed by atoms with van der Waals surface area (Å²) in [5.74, 6) is -0.175. The highest BCUT2D eigenvalue weighted by Crippen LogP contribution is 2.20. The van der Waals surface area contributed by atoms with Crippen LogP contribution in [0.15, 0.2) is 23.6 Å². The van der Waals surface area contributed by atoms with Crippen LogP contribution in [-0.2, 0) is 17.7 Å². The number of morpholine rings is 1. The molecule has 0 atom stereocenters. The van der Waals surface area contributed by atoms with Crippen molar-refractivity contribution < 1.29 is 9.53 Å². The summed E-state index contributed by atoms with van der Waals surface area (Å²) in [6, 6.07) is 6.21. The minimum Gasteiger partial charge on any atom is -0.379 e. The highest BCUT2D eigenvalue weighted by molar-refractivity contribution is 7.09. The fraction of sp³-hybridized carbons (Fsp3) is 0.444. The molecule has 0 aliphatic carbocycles. The molecule has 25 heavy (non-hydrogen) atoms. The fourth-order valence-corrected chi connectivity index (χ4v) is 3.55. The normalized spacial score (nSPS) is 15.3. The van der Waals surface area contributed by atoms with Gasteiger partial charge in [-0.1, -0.05) is 12.1 Å². The van der Waals surface area contributed by atoms with Crippen LogP contribution in [0, 0.1) is 6.92 Å². The molecular formula is C18H24N4O2S. The summed E-state index contributed by atoms with van der Waals surface area (Å²) in [5, 5.41) is 5.67. The van der Waals surface area contributed by atoms with E-state index in [0.717, 1.165) is 49.1 Å². The Morgan fingerprint density at radius 1 is 1.40 bits per heavy atom. The van der Waals surface area contributed by atoms with Crippen molar-refractivity contribution in [2.75, 3.05) is 38.2 Å². The highest BCUT2D eigenvalue weighted by atomic mass is 32.1. The van der Waals surface area contributed by atoms with E-state index in [1.54, 1.807) is 5.38 Å². The van der Waals surface area contributed by atoms with Gasteiger partial charge in [-0.25, -0.2) is 4.98 Å². The molecule has 0 radical (unpaired) electrons. The summed E-state index contributed by atoms with van der Waals surface area (Å²) in [4.78, 5) is 19.2. The molecule has 1 aromatic heterocycles. The molecule has 1 saturated heterocycles. The van der Waals surface area contributed by atoms with Gasteiger partial charge in [-0.2, -0.15) is 0 Å². The van der Waals surface area contributed by atoms with Gasteiger partial charge >= 0.3 is 0 Å². The fourth-order valence-electron chi connectivity index (χ4n) is 2.76. The van der Waals surface area contributed by atoms with Gasteiger partial charge in [0.25, 0.3) is 5.91 Å². The van der Waals surface area contributed by atoms with Crippen LogP contribution in [0.25, 0.3) is 0 Å². The molecule has 0 unspecified atom stereocenters. The van der Waals surface area contributed by atoms with Crippen LogP contribution in [0.5, 0.6) is 0 Å². The lowest BCUT2D eigenvalue weighted by molar-refractivity contribution is 0.0342. The maximum atomic E-state index is 12.5. The second kappa shape index (κ2) is 8.53. The monoisotopic (exact) mass is 360 g/mol. The topological polar surface area (TPSA) is 80.5 Å². The summed E-state index contributed by atoms with van der Waals surface area (Å²) in [6.45, 7) is 6.85. The van der Waals surface area contributed by atoms with Crippen molar-refractivity contribution >= 4 is 22.9 Å². The molecule has 1 aliphatic heterocycles. The van der Waals surface area contributed by atoms with Crippen LogP contribution < -0.4 is 11.1 Å². The first-order valence-corrected chi connectivity index (χ1v) is 9.39. The highest BCUT2D eigenvalue weighted by Gasteiger charge is 2.14. The average Bonchev–Trinajstić information content (AvgIpc) is 3.08. The Bertz CT molecular complexity index is 726. The Labute approximate surface area is 152 Å². The van der Waals surface area contributed by atoms with E-state index in [2.05, 4.69) is 27.3 Å². The number of ether oxygens (including phenoxy) is 1. The summed E-state index contributed by atoms with van der Waals surface area (Å²) >= 11 is 1.47. The van der Waals surface area contributed by atoms with Crippen molar-refractivity contribution in [2.24, 2.45) is 5.73 Å². The third-order valence-corrected chi connectivity index (χ3v) is 5.11. The summed E-state index contributed by atoms with van der Waals surface area (Å²) in [7, 11) is 0. The first-order chi connectivity index (χ1) is 12.2. The number of carbonyl (C=O) groups is 1. The predicted molar refractivity (Wildman–Crippen MR) is 100 cm³/mol.